The van der Waals surface area contributed by atoms with Crippen molar-refractivity contribution in [2.24, 2.45) is 7.05 Å². The van der Waals surface area contributed by atoms with Crippen molar-refractivity contribution in [2.45, 2.75) is 6.54 Å². The predicted octanol–water partition coefficient (Wildman–Crippen LogP) is 3.34. The molecule has 6 nitrogen and oxygen atoms in total. The number of rotatable bonds is 4. The van der Waals surface area contributed by atoms with Crippen LogP contribution in [-0.4, -0.2) is 41.2 Å². The standard InChI is InChI=1S/C22H21N5O/c1-14(10-23)12-27-13-18-17(7-8-19(25(2)3)21(18)22(27)28)15-5-6-16-11-24-26(4)20(16)9-15/h5-9,11H,1,12-13H2,2-4H3. The zero-order valence-electron chi connectivity index (χ0n) is 16.2. The van der Waals surface area contributed by atoms with Gasteiger partial charge in [-0.15, -0.1) is 0 Å². The molecule has 28 heavy (non-hydrogen) atoms. The van der Waals surface area contributed by atoms with Crippen LogP contribution in [0.15, 0.2) is 48.7 Å². The first-order valence-electron chi connectivity index (χ1n) is 9.03. The van der Waals surface area contributed by atoms with Crippen LogP contribution in [0.3, 0.4) is 0 Å². The fourth-order valence-electron chi connectivity index (χ4n) is 3.81. The molecule has 0 saturated carbocycles. The van der Waals surface area contributed by atoms with Crippen molar-refractivity contribution < 1.29 is 4.79 Å². The highest BCUT2D eigenvalue weighted by Gasteiger charge is 2.33. The van der Waals surface area contributed by atoms with E-state index < -0.39 is 0 Å². The van der Waals surface area contributed by atoms with E-state index in [9.17, 15) is 4.79 Å². The molecule has 4 rings (SSSR count). The molecule has 0 unspecified atom stereocenters. The number of fused-ring (bicyclic) bond motifs is 2. The summed E-state index contributed by atoms with van der Waals surface area (Å²) in [5.74, 6) is -0.0569. The number of carbonyl (C=O) groups is 1. The molecule has 1 aromatic heterocycles. The highest BCUT2D eigenvalue weighted by Crippen LogP contribution is 2.38. The Kier molecular flexibility index (Phi) is 4.16. The van der Waals surface area contributed by atoms with Crippen molar-refractivity contribution in [2.75, 3.05) is 25.5 Å². The summed E-state index contributed by atoms with van der Waals surface area (Å²) in [6, 6.07) is 12.3. The molecule has 0 atom stereocenters. The van der Waals surface area contributed by atoms with E-state index in [1.165, 1.54) is 0 Å². The number of nitrogens with zero attached hydrogens (tertiary/aromatic N) is 5. The van der Waals surface area contributed by atoms with E-state index in [4.69, 9.17) is 5.26 Å². The molecule has 2 heterocycles. The lowest BCUT2D eigenvalue weighted by Gasteiger charge is -2.18. The highest BCUT2D eigenvalue weighted by molar-refractivity contribution is 6.06. The van der Waals surface area contributed by atoms with Gasteiger partial charge in [-0.1, -0.05) is 24.8 Å². The molecule has 1 aliphatic heterocycles. The average molecular weight is 371 g/mol. The summed E-state index contributed by atoms with van der Waals surface area (Å²) < 4.78 is 1.85. The molecular formula is C22H21N5O. The number of aryl methyl sites for hydroxylation is 1. The van der Waals surface area contributed by atoms with Gasteiger partial charge in [-0.25, -0.2) is 0 Å². The molecule has 3 aromatic rings. The number of hydrogen-bond donors (Lipinski definition) is 0. The van der Waals surface area contributed by atoms with Crippen LogP contribution in [0, 0.1) is 11.3 Å². The summed E-state index contributed by atoms with van der Waals surface area (Å²) in [5.41, 5.74) is 6.08. The van der Waals surface area contributed by atoms with E-state index >= 15 is 0 Å². The summed E-state index contributed by atoms with van der Waals surface area (Å²) >= 11 is 0. The Morgan fingerprint density at radius 3 is 2.82 bits per heavy atom. The molecule has 0 bridgehead atoms. The maximum absolute atomic E-state index is 13.1. The second-order valence-electron chi connectivity index (χ2n) is 7.30. The van der Waals surface area contributed by atoms with Crippen LogP contribution in [0.2, 0.25) is 0 Å². The zero-order chi connectivity index (χ0) is 20.0. The minimum Gasteiger partial charge on any atom is -0.377 e. The van der Waals surface area contributed by atoms with Gasteiger partial charge in [0, 0.05) is 44.3 Å². The Morgan fingerprint density at radius 1 is 1.32 bits per heavy atom. The van der Waals surface area contributed by atoms with E-state index in [0.717, 1.165) is 33.3 Å². The summed E-state index contributed by atoms with van der Waals surface area (Å²) in [6.45, 7) is 4.45. The summed E-state index contributed by atoms with van der Waals surface area (Å²) in [4.78, 5) is 16.8. The molecular weight excluding hydrogens is 350 g/mol. The lowest BCUT2D eigenvalue weighted by molar-refractivity contribution is 0.0794. The van der Waals surface area contributed by atoms with Crippen LogP contribution >= 0.6 is 0 Å². The fraction of sp³-hybridized carbons (Fsp3) is 0.227. The molecule has 2 aromatic carbocycles. The molecule has 0 radical (unpaired) electrons. The van der Waals surface area contributed by atoms with Crippen LogP contribution in [0.25, 0.3) is 22.0 Å². The molecule has 0 spiro atoms. The molecule has 1 aliphatic rings. The van der Waals surface area contributed by atoms with Crippen LogP contribution in [0.5, 0.6) is 0 Å². The maximum atomic E-state index is 13.1. The minimum absolute atomic E-state index is 0.0569. The first-order valence-corrected chi connectivity index (χ1v) is 9.03. The minimum atomic E-state index is -0.0569. The van der Waals surface area contributed by atoms with Gasteiger partial charge >= 0.3 is 0 Å². The van der Waals surface area contributed by atoms with Gasteiger partial charge in [0.05, 0.1) is 29.9 Å². The summed E-state index contributed by atoms with van der Waals surface area (Å²) in [7, 11) is 5.78. The first kappa shape index (κ1) is 17.8. The van der Waals surface area contributed by atoms with Gasteiger partial charge in [0.25, 0.3) is 5.91 Å². The van der Waals surface area contributed by atoms with Gasteiger partial charge in [-0.2, -0.15) is 10.4 Å². The molecule has 0 saturated heterocycles. The third-order valence-electron chi connectivity index (χ3n) is 5.22. The third-order valence-corrected chi connectivity index (χ3v) is 5.22. The van der Waals surface area contributed by atoms with E-state index in [0.29, 0.717) is 17.7 Å². The van der Waals surface area contributed by atoms with E-state index in [1.807, 2.05) is 49.1 Å². The number of benzene rings is 2. The van der Waals surface area contributed by atoms with Gasteiger partial charge < -0.3 is 9.80 Å². The molecule has 0 fully saturated rings. The van der Waals surface area contributed by atoms with Crippen LogP contribution in [0.4, 0.5) is 5.69 Å². The normalized spacial score (nSPS) is 12.9. The van der Waals surface area contributed by atoms with Crippen molar-refractivity contribution in [3.8, 4) is 17.2 Å². The lowest BCUT2D eigenvalue weighted by Crippen LogP contribution is -2.26. The van der Waals surface area contributed by atoms with Crippen molar-refractivity contribution in [1.29, 1.82) is 5.26 Å². The lowest BCUT2D eigenvalue weighted by atomic mass is 9.95. The van der Waals surface area contributed by atoms with Gasteiger partial charge in [-0.05, 0) is 28.8 Å². The molecule has 6 heteroatoms. The van der Waals surface area contributed by atoms with Gasteiger partial charge in [0.1, 0.15) is 0 Å². The molecule has 0 aliphatic carbocycles. The second kappa shape index (κ2) is 6.54. The Balaban J connectivity index is 1.87. The summed E-state index contributed by atoms with van der Waals surface area (Å²) in [6.07, 6.45) is 1.84. The van der Waals surface area contributed by atoms with E-state index in [2.05, 4.69) is 35.9 Å². The summed E-state index contributed by atoms with van der Waals surface area (Å²) in [5, 5.41) is 14.5. The quantitative estimate of drug-likeness (QED) is 0.660. The van der Waals surface area contributed by atoms with Gasteiger partial charge in [0.15, 0.2) is 0 Å². The zero-order valence-corrected chi connectivity index (χ0v) is 16.2. The SMILES string of the molecule is C=C(C#N)CN1Cc2c(-c3ccc4cnn(C)c4c3)ccc(N(C)C)c2C1=O. The maximum Gasteiger partial charge on any atom is 0.256 e. The van der Waals surface area contributed by atoms with Crippen molar-refractivity contribution in [3.05, 3.63) is 59.8 Å². The van der Waals surface area contributed by atoms with Gasteiger partial charge in [-0.3, -0.25) is 9.48 Å². The van der Waals surface area contributed by atoms with Crippen LogP contribution in [-0.2, 0) is 13.6 Å². The Morgan fingerprint density at radius 2 is 2.11 bits per heavy atom. The largest absolute Gasteiger partial charge is 0.377 e. The topological polar surface area (TPSA) is 65.2 Å². The molecule has 1 amide bonds. The van der Waals surface area contributed by atoms with Crippen molar-refractivity contribution in [1.82, 2.24) is 14.7 Å². The number of aromatic nitrogens is 2. The van der Waals surface area contributed by atoms with E-state index in [1.54, 1.807) is 4.90 Å². The number of amides is 1. The average Bonchev–Trinajstić information content (AvgIpc) is 3.21. The number of hydrogen-bond acceptors (Lipinski definition) is 4. The number of anilines is 1. The monoisotopic (exact) mass is 371 g/mol. The highest BCUT2D eigenvalue weighted by atomic mass is 16.2. The Labute approximate surface area is 163 Å². The molecule has 140 valence electrons. The smallest absolute Gasteiger partial charge is 0.256 e. The molecule has 0 N–H and O–H groups in total. The fourth-order valence-corrected chi connectivity index (χ4v) is 3.81. The van der Waals surface area contributed by atoms with Crippen molar-refractivity contribution >= 4 is 22.5 Å². The predicted molar refractivity (Wildman–Crippen MR) is 110 cm³/mol. The van der Waals surface area contributed by atoms with Crippen LogP contribution < -0.4 is 4.90 Å². The number of carbonyl (C=O) groups excluding carboxylic acids is 1. The second-order valence-corrected chi connectivity index (χ2v) is 7.30. The van der Waals surface area contributed by atoms with Gasteiger partial charge in [0.2, 0.25) is 0 Å². The van der Waals surface area contributed by atoms with Crippen molar-refractivity contribution in [3.63, 3.8) is 0 Å². The Hall–Kier alpha value is -3.59. The third kappa shape index (κ3) is 2.72. The van der Waals surface area contributed by atoms with Crippen LogP contribution in [0.1, 0.15) is 15.9 Å². The first-order chi connectivity index (χ1) is 13.4. The number of nitriles is 1. The Bertz CT molecular complexity index is 1170. The van der Waals surface area contributed by atoms with E-state index in [-0.39, 0.29) is 12.5 Å².